The zero-order valence-corrected chi connectivity index (χ0v) is 14.3. The Kier molecular flexibility index (Phi) is 4.94. The fourth-order valence-electron chi connectivity index (χ4n) is 2.35. The lowest BCUT2D eigenvalue weighted by Gasteiger charge is -2.13. The number of benzene rings is 2. The molecule has 1 N–H and O–H groups in total. The minimum absolute atomic E-state index is 0.355. The average molecular weight is 378 g/mol. The predicted molar refractivity (Wildman–Crippen MR) is 93.6 cm³/mol. The van der Waals surface area contributed by atoms with Crippen LogP contribution < -0.4 is 5.32 Å². The maximum absolute atomic E-state index is 12.7. The fourth-order valence-corrected chi connectivity index (χ4v) is 2.91. The SMILES string of the molecule is COC(=O)c1ccc(Nc2ccc(C(F)(F)F)cc2)c(-c2cscn2)c1. The number of rotatable bonds is 4. The first-order valence-corrected chi connectivity index (χ1v) is 8.38. The third-order valence-corrected chi connectivity index (χ3v) is 4.23. The highest BCUT2D eigenvalue weighted by Crippen LogP contribution is 2.33. The largest absolute Gasteiger partial charge is 0.465 e. The number of ether oxygens (including phenoxy) is 1. The van der Waals surface area contributed by atoms with Gasteiger partial charge in [0.2, 0.25) is 0 Å². The minimum Gasteiger partial charge on any atom is -0.465 e. The molecule has 134 valence electrons. The van der Waals surface area contributed by atoms with Gasteiger partial charge in [0, 0.05) is 22.3 Å². The molecule has 0 radical (unpaired) electrons. The summed E-state index contributed by atoms with van der Waals surface area (Å²) in [5.74, 6) is -0.484. The van der Waals surface area contributed by atoms with Crippen LogP contribution in [0.3, 0.4) is 0 Å². The summed E-state index contributed by atoms with van der Waals surface area (Å²) in [6.45, 7) is 0. The van der Waals surface area contributed by atoms with Crippen molar-refractivity contribution in [3.63, 3.8) is 0 Å². The third-order valence-electron chi connectivity index (χ3n) is 3.64. The summed E-state index contributed by atoms with van der Waals surface area (Å²) in [6, 6.07) is 9.59. The third kappa shape index (κ3) is 3.85. The van der Waals surface area contributed by atoms with Crippen molar-refractivity contribution >= 4 is 28.7 Å². The van der Waals surface area contributed by atoms with Crippen LogP contribution in [0.5, 0.6) is 0 Å². The van der Waals surface area contributed by atoms with E-state index >= 15 is 0 Å². The Balaban J connectivity index is 1.95. The van der Waals surface area contributed by atoms with Gasteiger partial charge in [0.25, 0.3) is 0 Å². The van der Waals surface area contributed by atoms with E-state index < -0.39 is 17.7 Å². The lowest BCUT2D eigenvalue weighted by atomic mass is 10.1. The number of methoxy groups -OCH3 is 1. The summed E-state index contributed by atoms with van der Waals surface area (Å²) in [6.07, 6.45) is -4.38. The summed E-state index contributed by atoms with van der Waals surface area (Å²) in [7, 11) is 1.29. The fraction of sp³-hybridized carbons (Fsp3) is 0.111. The molecule has 1 heterocycles. The van der Waals surface area contributed by atoms with E-state index in [-0.39, 0.29) is 0 Å². The van der Waals surface area contributed by atoms with E-state index in [0.717, 1.165) is 12.1 Å². The van der Waals surface area contributed by atoms with Crippen molar-refractivity contribution in [3.05, 3.63) is 64.5 Å². The first-order chi connectivity index (χ1) is 12.4. The van der Waals surface area contributed by atoms with Crippen LogP contribution in [0.25, 0.3) is 11.3 Å². The van der Waals surface area contributed by atoms with Crippen LogP contribution in [0.4, 0.5) is 24.5 Å². The van der Waals surface area contributed by atoms with E-state index in [1.807, 2.05) is 5.38 Å². The van der Waals surface area contributed by atoms with Crippen molar-refractivity contribution in [2.75, 3.05) is 12.4 Å². The van der Waals surface area contributed by atoms with E-state index in [2.05, 4.69) is 10.3 Å². The Morgan fingerprint density at radius 2 is 1.88 bits per heavy atom. The molecule has 2 aromatic carbocycles. The molecule has 0 unspecified atom stereocenters. The van der Waals surface area contributed by atoms with Crippen LogP contribution in [0.2, 0.25) is 0 Å². The molecular weight excluding hydrogens is 365 g/mol. The molecule has 1 aromatic heterocycles. The summed E-state index contributed by atoms with van der Waals surface area (Å²) in [5, 5.41) is 4.88. The van der Waals surface area contributed by atoms with Crippen LogP contribution >= 0.6 is 11.3 Å². The highest BCUT2D eigenvalue weighted by atomic mass is 32.1. The van der Waals surface area contributed by atoms with Gasteiger partial charge < -0.3 is 10.1 Å². The number of alkyl halides is 3. The highest BCUT2D eigenvalue weighted by molar-refractivity contribution is 7.07. The number of esters is 1. The second-order valence-electron chi connectivity index (χ2n) is 5.33. The quantitative estimate of drug-likeness (QED) is 0.621. The van der Waals surface area contributed by atoms with E-state index in [1.165, 1.54) is 30.6 Å². The van der Waals surface area contributed by atoms with Crippen molar-refractivity contribution in [1.82, 2.24) is 4.98 Å². The van der Waals surface area contributed by atoms with E-state index in [1.54, 1.807) is 23.7 Å². The van der Waals surface area contributed by atoms with Crippen molar-refractivity contribution in [3.8, 4) is 11.3 Å². The van der Waals surface area contributed by atoms with Crippen molar-refractivity contribution in [2.24, 2.45) is 0 Å². The number of hydrogen-bond donors (Lipinski definition) is 1. The van der Waals surface area contributed by atoms with E-state index in [4.69, 9.17) is 4.74 Å². The van der Waals surface area contributed by atoms with Gasteiger partial charge in [-0.2, -0.15) is 13.2 Å². The maximum atomic E-state index is 12.7. The summed E-state index contributed by atoms with van der Waals surface area (Å²) in [5.41, 5.74) is 3.69. The topological polar surface area (TPSA) is 51.2 Å². The molecule has 0 saturated carbocycles. The molecule has 0 aliphatic carbocycles. The average Bonchev–Trinajstić information content (AvgIpc) is 3.15. The normalized spacial score (nSPS) is 11.2. The van der Waals surface area contributed by atoms with Gasteiger partial charge in [-0.1, -0.05) is 0 Å². The molecular formula is C18H13F3N2O2S. The monoisotopic (exact) mass is 378 g/mol. The Morgan fingerprint density at radius 3 is 2.46 bits per heavy atom. The molecule has 0 amide bonds. The molecule has 0 aliphatic heterocycles. The number of carbonyl (C=O) groups is 1. The lowest BCUT2D eigenvalue weighted by molar-refractivity contribution is -0.137. The molecule has 3 aromatic rings. The van der Waals surface area contributed by atoms with E-state index in [9.17, 15) is 18.0 Å². The molecule has 26 heavy (non-hydrogen) atoms. The van der Waals surface area contributed by atoms with Gasteiger partial charge in [0.05, 0.1) is 29.4 Å². The summed E-state index contributed by atoms with van der Waals surface area (Å²) < 4.78 is 42.8. The number of halogens is 3. The number of anilines is 2. The molecule has 0 bridgehead atoms. The number of nitrogens with zero attached hydrogens (tertiary/aromatic N) is 1. The molecule has 0 spiro atoms. The van der Waals surface area contributed by atoms with Gasteiger partial charge in [0.15, 0.2) is 0 Å². The molecule has 8 heteroatoms. The number of aromatic nitrogens is 1. The van der Waals surface area contributed by atoms with Crippen molar-refractivity contribution in [2.45, 2.75) is 6.18 Å². The highest BCUT2D eigenvalue weighted by Gasteiger charge is 2.29. The first kappa shape index (κ1) is 17.9. The first-order valence-electron chi connectivity index (χ1n) is 7.43. The molecule has 0 aliphatic rings. The Labute approximate surface area is 151 Å². The second kappa shape index (κ2) is 7.17. The summed E-state index contributed by atoms with van der Waals surface area (Å²) in [4.78, 5) is 16.0. The molecule has 4 nitrogen and oxygen atoms in total. The van der Waals surface area contributed by atoms with Gasteiger partial charge in [-0.25, -0.2) is 9.78 Å². The van der Waals surface area contributed by atoms with Gasteiger partial charge in [-0.05, 0) is 42.5 Å². The Morgan fingerprint density at radius 1 is 1.15 bits per heavy atom. The van der Waals surface area contributed by atoms with Crippen molar-refractivity contribution in [1.29, 1.82) is 0 Å². The molecule has 3 rings (SSSR count). The summed E-state index contributed by atoms with van der Waals surface area (Å²) >= 11 is 1.39. The zero-order valence-electron chi connectivity index (χ0n) is 13.5. The van der Waals surface area contributed by atoms with Crippen LogP contribution in [0.15, 0.2) is 53.4 Å². The number of hydrogen-bond acceptors (Lipinski definition) is 5. The lowest BCUT2D eigenvalue weighted by Crippen LogP contribution is -2.05. The number of carbonyl (C=O) groups excluding carboxylic acids is 1. The maximum Gasteiger partial charge on any atom is 0.416 e. The van der Waals surface area contributed by atoms with Gasteiger partial charge in [0.1, 0.15) is 0 Å². The van der Waals surface area contributed by atoms with Crippen LogP contribution in [-0.4, -0.2) is 18.1 Å². The van der Waals surface area contributed by atoms with Crippen LogP contribution in [0, 0.1) is 0 Å². The Bertz CT molecular complexity index is 907. The minimum atomic E-state index is -4.38. The van der Waals surface area contributed by atoms with Gasteiger partial charge in [-0.15, -0.1) is 11.3 Å². The smallest absolute Gasteiger partial charge is 0.416 e. The molecule has 0 fully saturated rings. The molecule has 0 atom stereocenters. The van der Waals surface area contributed by atoms with Crippen LogP contribution in [0.1, 0.15) is 15.9 Å². The van der Waals surface area contributed by atoms with E-state index in [0.29, 0.717) is 28.2 Å². The van der Waals surface area contributed by atoms with Gasteiger partial charge >= 0.3 is 12.1 Å². The zero-order chi connectivity index (χ0) is 18.7. The van der Waals surface area contributed by atoms with Crippen LogP contribution in [-0.2, 0) is 10.9 Å². The predicted octanol–water partition coefficient (Wildman–Crippen LogP) is 5.36. The number of nitrogens with one attached hydrogen (secondary N) is 1. The number of thiazole rings is 1. The van der Waals surface area contributed by atoms with Gasteiger partial charge in [-0.3, -0.25) is 0 Å². The standard InChI is InChI=1S/C18H13F3N2O2S/c1-25-17(24)11-2-7-15(14(8-11)16-9-26-10-22-16)23-13-5-3-12(4-6-13)18(19,20)21/h2-10,23H,1H3. The molecule has 0 saturated heterocycles. The Hall–Kier alpha value is -2.87. The second-order valence-corrected chi connectivity index (χ2v) is 6.04. The van der Waals surface area contributed by atoms with Crippen molar-refractivity contribution < 1.29 is 22.7 Å².